The first-order chi connectivity index (χ1) is 10.8. The Balaban J connectivity index is 1.75. The summed E-state index contributed by atoms with van der Waals surface area (Å²) in [5.74, 6) is 0.195. The molecule has 0 amide bonds. The predicted octanol–water partition coefficient (Wildman–Crippen LogP) is 4.42. The third-order valence-corrected chi connectivity index (χ3v) is 8.15. The highest BCUT2D eigenvalue weighted by atomic mass is 16.5. The summed E-state index contributed by atoms with van der Waals surface area (Å²) in [5, 5.41) is 9.89. The Labute approximate surface area is 139 Å². The first kappa shape index (κ1) is 15.7. The van der Waals surface area contributed by atoms with E-state index in [2.05, 4.69) is 19.9 Å². The fourth-order valence-electron chi connectivity index (χ4n) is 6.65. The minimum atomic E-state index is -0.594. The molecular formula is C20H30O3. The minimum absolute atomic E-state index is 0.128. The van der Waals surface area contributed by atoms with E-state index in [4.69, 9.17) is 4.74 Å². The Morgan fingerprint density at radius 1 is 1.22 bits per heavy atom. The molecule has 0 spiro atoms. The van der Waals surface area contributed by atoms with Crippen LogP contribution in [0.2, 0.25) is 0 Å². The molecule has 4 aliphatic rings. The van der Waals surface area contributed by atoms with E-state index < -0.39 is 11.4 Å². The van der Waals surface area contributed by atoms with Gasteiger partial charge in [-0.1, -0.05) is 26.3 Å². The van der Waals surface area contributed by atoms with Gasteiger partial charge in [0.25, 0.3) is 0 Å². The highest BCUT2D eigenvalue weighted by Crippen LogP contribution is 2.65. The van der Waals surface area contributed by atoms with Crippen LogP contribution in [0.5, 0.6) is 0 Å². The van der Waals surface area contributed by atoms with Crippen molar-refractivity contribution >= 4 is 5.97 Å². The van der Waals surface area contributed by atoms with Crippen LogP contribution in [0, 0.1) is 28.1 Å². The van der Waals surface area contributed by atoms with E-state index in [9.17, 15) is 9.90 Å². The van der Waals surface area contributed by atoms with Crippen LogP contribution >= 0.6 is 0 Å². The Morgan fingerprint density at radius 3 is 2.74 bits per heavy atom. The lowest BCUT2D eigenvalue weighted by molar-refractivity contribution is -0.163. The molecule has 1 heterocycles. The fraction of sp³-hybridized carbons (Fsp3) is 0.850. The quantitative estimate of drug-likeness (QED) is 0.728. The number of allylic oxidation sites excluding steroid dienone is 1. The molecule has 128 valence electrons. The molecule has 4 rings (SSSR count). The Kier molecular flexibility index (Phi) is 3.30. The molecule has 3 fully saturated rings. The maximum Gasteiger partial charge on any atom is 0.309 e. The topological polar surface area (TPSA) is 46.5 Å². The summed E-state index contributed by atoms with van der Waals surface area (Å²) < 4.78 is 6.17. The zero-order chi connectivity index (χ0) is 16.5. The molecule has 3 heteroatoms. The maximum atomic E-state index is 12.0. The third-order valence-electron chi connectivity index (χ3n) is 8.15. The molecule has 1 aliphatic heterocycles. The second-order valence-corrected chi connectivity index (χ2v) is 9.32. The first-order valence-electron chi connectivity index (χ1n) is 9.36. The van der Waals surface area contributed by atoms with Gasteiger partial charge in [-0.15, -0.1) is 0 Å². The summed E-state index contributed by atoms with van der Waals surface area (Å²) >= 11 is 0. The normalized spacial score (nSPS) is 52.1. The summed E-state index contributed by atoms with van der Waals surface area (Å²) in [4.78, 5) is 12.0. The van der Waals surface area contributed by atoms with Gasteiger partial charge in [0.05, 0.1) is 11.5 Å². The molecule has 0 aromatic carbocycles. The van der Waals surface area contributed by atoms with Crippen molar-refractivity contribution < 1.29 is 14.6 Å². The number of carbonyl (C=O) groups is 1. The second kappa shape index (κ2) is 4.84. The van der Waals surface area contributed by atoms with E-state index in [1.807, 2.05) is 6.92 Å². The van der Waals surface area contributed by atoms with Crippen molar-refractivity contribution in [3.05, 3.63) is 11.6 Å². The third kappa shape index (κ3) is 1.95. The van der Waals surface area contributed by atoms with Crippen molar-refractivity contribution in [1.82, 2.24) is 0 Å². The number of rotatable bonds is 1. The van der Waals surface area contributed by atoms with Crippen molar-refractivity contribution in [2.75, 3.05) is 6.61 Å². The summed E-state index contributed by atoms with van der Waals surface area (Å²) in [6.45, 7) is 7.65. The monoisotopic (exact) mass is 318 g/mol. The molecule has 0 unspecified atom stereocenters. The van der Waals surface area contributed by atoms with Crippen LogP contribution in [-0.2, 0) is 9.53 Å². The van der Waals surface area contributed by atoms with Gasteiger partial charge in [0.15, 0.2) is 0 Å². The zero-order valence-electron chi connectivity index (χ0n) is 14.7. The van der Waals surface area contributed by atoms with Gasteiger partial charge in [0.1, 0.15) is 0 Å². The molecule has 0 aromatic heterocycles. The molecule has 3 nitrogen and oxygen atoms in total. The van der Waals surface area contributed by atoms with Gasteiger partial charge in [0.2, 0.25) is 0 Å². The summed E-state index contributed by atoms with van der Waals surface area (Å²) in [6.07, 6.45) is 10.3. The minimum Gasteiger partial charge on any atom is -0.481 e. The molecule has 0 bridgehead atoms. The van der Waals surface area contributed by atoms with E-state index in [0.717, 1.165) is 25.9 Å². The molecule has 1 saturated heterocycles. The Bertz CT molecular complexity index is 567. The van der Waals surface area contributed by atoms with Crippen molar-refractivity contribution in [2.24, 2.45) is 28.1 Å². The smallest absolute Gasteiger partial charge is 0.309 e. The SMILES string of the molecule is C[C@@]12CCO[C@@H]1C1=CC[C@@H]3[C@](C)(CCC[C@]3(C)C(=O)O)[C@H]1CC2. The highest BCUT2D eigenvalue weighted by Gasteiger charge is 2.60. The number of carboxylic acids is 1. The predicted molar refractivity (Wildman–Crippen MR) is 89.1 cm³/mol. The van der Waals surface area contributed by atoms with E-state index in [0.29, 0.717) is 11.3 Å². The average molecular weight is 318 g/mol. The second-order valence-electron chi connectivity index (χ2n) is 9.32. The molecule has 1 N–H and O–H groups in total. The van der Waals surface area contributed by atoms with Gasteiger partial charge < -0.3 is 9.84 Å². The molecule has 2 saturated carbocycles. The molecule has 0 aromatic rings. The van der Waals surface area contributed by atoms with Crippen LogP contribution in [0.3, 0.4) is 0 Å². The number of aliphatic carboxylic acids is 1. The lowest BCUT2D eigenvalue weighted by Crippen LogP contribution is -2.55. The lowest BCUT2D eigenvalue weighted by atomic mass is 9.45. The van der Waals surface area contributed by atoms with Crippen molar-refractivity contribution in [3.8, 4) is 0 Å². The van der Waals surface area contributed by atoms with Crippen molar-refractivity contribution in [3.63, 3.8) is 0 Å². The van der Waals surface area contributed by atoms with E-state index in [1.165, 1.54) is 31.3 Å². The zero-order valence-corrected chi connectivity index (χ0v) is 14.7. The van der Waals surface area contributed by atoms with Gasteiger partial charge >= 0.3 is 5.97 Å². The standard InChI is InChI=1S/C20H30O3/c1-18-10-7-14-13(16(18)23-12-11-18)5-6-15-19(14,2)8-4-9-20(15,3)17(21)22/h5,14-16H,4,6-12H2,1-3H3,(H,21,22)/t14-,15+,16+,18+,19+,20-/m0/s1. The number of hydrogen-bond acceptors (Lipinski definition) is 2. The lowest BCUT2D eigenvalue weighted by Gasteiger charge is -2.59. The van der Waals surface area contributed by atoms with Gasteiger partial charge in [-0.2, -0.15) is 0 Å². The van der Waals surface area contributed by atoms with Crippen LogP contribution in [0.25, 0.3) is 0 Å². The summed E-state index contributed by atoms with van der Waals surface area (Å²) in [6, 6.07) is 0. The first-order valence-corrected chi connectivity index (χ1v) is 9.36. The van der Waals surface area contributed by atoms with Crippen LogP contribution in [-0.4, -0.2) is 23.8 Å². The Hall–Kier alpha value is -0.830. The highest BCUT2D eigenvalue weighted by molar-refractivity contribution is 5.75. The largest absolute Gasteiger partial charge is 0.481 e. The van der Waals surface area contributed by atoms with Crippen LogP contribution < -0.4 is 0 Å². The van der Waals surface area contributed by atoms with Gasteiger partial charge in [0, 0.05) is 6.61 Å². The molecule has 23 heavy (non-hydrogen) atoms. The number of hydrogen-bond donors (Lipinski definition) is 1. The van der Waals surface area contributed by atoms with Crippen LogP contribution in [0.15, 0.2) is 11.6 Å². The van der Waals surface area contributed by atoms with Crippen LogP contribution in [0.4, 0.5) is 0 Å². The maximum absolute atomic E-state index is 12.0. The molecule has 3 aliphatic carbocycles. The number of ether oxygens (including phenoxy) is 1. The van der Waals surface area contributed by atoms with Crippen LogP contribution in [0.1, 0.15) is 65.7 Å². The summed E-state index contributed by atoms with van der Waals surface area (Å²) in [5.41, 5.74) is 1.40. The average Bonchev–Trinajstić information content (AvgIpc) is 2.88. The van der Waals surface area contributed by atoms with Crippen molar-refractivity contribution in [2.45, 2.75) is 71.8 Å². The van der Waals surface area contributed by atoms with E-state index in [-0.39, 0.29) is 17.4 Å². The molecule has 6 atom stereocenters. The van der Waals surface area contributed by atoms with Gasteiger partial charge in [-0.25, -0.2) is 0 Å². The van der Waals surface area contributed by atoms with E-state index >= 15 is 0 Å². The van der Waals surface area contributed by atoms with Crippen molar-refractivity contribution in [1.29, 1.82) is 0 Å². The fourth-order valence-corrected chi connectivity index (χ4v) is 6.65. The van der Waals surface area contributed by atoms with E-state index in [1.54, 1.807) is 0 Å². The Morgan fingerprint density at radius 2 is 2.00 bits per heavy atom. The van der Waals surface area contributed by atoms with Gasteiger partial charge in [-0.3, -0.25) is 4.79 Å². The number of fused-ring (bicyclic) bond motifs is 5. The summed E-state index contributed by atoms with van der Waals surface area (Å²) in [7, 11) is 0. The van der Waals surface area contributed by atoms with Gasteiger partial charge in [-0.05, 0) is 73.7 Å². The molecular weight excluding hydrogens is 288 g/mol. The molecule has 0 radical (unpaired) electrons. The number of carboxylic acid groups (broad SMARTS) is 1.